The fourth-order valence-corrected chi connectivity index (χ4v) is 2.21. The number of benzene rings is 1. The van der Waals surface area contributed by atoms with Gasteiger partial charge in [0, 0.05) is 24.1 Å². The van der Waals surface area contributed by atoms with E-state index in [0.29, 0.717) is 11.6 Å². The third kappa shape index (κ3) is 3.52. The molecule has 2 aromatic heterocycles. The first-order chi connectivity index (χ1) is 11.7. The van der Waals surface area contributed by atoms with E-state index in [2.05, 4.69) is 20.7 Å². The molecule has 0 saturated heterocycles. The zero-order valence-electron chi connectivity index (χ0n) is 13.4. The molecule has 0 saturated carbocycles. The minimum absolute atomic E-state index is 0.336. The monoisotopic (exact) mass is 323 g/mol. The number of ether oxygens (including phenoxy) is 1. The highest BCUT2D eigenvalue weighted by Gasteiger charge is 2.07. The summed E-state index contributed by atoms with van der Waals surface area (Å²) in [4.78, 5) is 16.1. The number of nitrogens with zero attached hydrogens (tertiary/aromatic N) is 3. The number of amides is 2. The molecule has 0 aliphatic rings. The number of carbonyl (C=O) groups is 1. The molecule has 0 atom stereocenters. The van der Waals surface area contributed by atoms with Gasteiger partial charge in [0.05, 0.1) is 24.7 Å². The smallest absolute Gasteiger partial charge is 0.323 e. The number of pyridine rings is 1. The Morgan fingerprint density at radius 2 is 2.08 bits per heavy atom. The Balaban J connectivity index is 1.67. The minimum Gasteiger partial charge on any atom is -0.481 e. The highest BCUT2D eigenvalue weighted by atomic mass is 16.5. The van der Waals surface area contributed by atoms with Gasteiger partial charge in [0.2, 0.25) is 5.88 Å². The summed E-state index contributed by atoms with van der Waals surface area (Å²) >= 11 is 0. The van der Waals surface area contributed by atoms with E-state index in [4.69, 9.17) is 4.74 Å². The van der Waals surface area contributed by atoms with Gasteiger partial charge in [-0.3, -0.25) is 0 Å². The quantitative estimate of drug-likeness (QED) is 0.772. The van der Waals surface area contributed by atoms with Gasteiger partial charge >= 0.3 is 6.03 Å². The lowest BCUT2D eigenvalue weighted by atomic mass is 10.2. The van der Waals surface area contributed by atoms with Crippen LogP contribution in [-0.2, 0) is 0 Å². The van der Waals surface area contributed by atoms with Gasteiger partial charge in [-0.1, -0.05) is 0 Å². The minimum atomic E-state index is -0.336. The Hall–Kier alpha value is -3.35. The fourth-order valence-electron chi connectivity index (χ4n) is 2.21. The van der Waals surface area contributed by atoms with E-state index < -0.39 is 0 Å². The van der Waals surface area contributed by atoms with Crippen LogP contribution in [0, 0.1) is 6.92 Å². The number of aryl methyl sites for hydroxylation is 1. The Morgan fingerprint density at radius 3 is 2.71 bits per heavy atom. The Morgan fingerprint density at radius 1 is 1.21 bits per heavy atom. The molecule has 7 heteroatoms. The largest absolute Gasteiger partial charge is 0.481 e. The van der Waals surface area contributed by atoms with Crippen molar-refractivity contribution in [2.75, 3.05) is 17.7 Å². The topological polar surface area (TPSA) is 81.1 Å². The lowest BCUT2D eigenvalue weighted by molar-refractivity contribution is 0.262. The maximum Gasteiger partial charge on any atom is 0.323 e. The molecule has 0 radical (unpaired) electrons. The van der Waals surface area contributed by atoms with Crippen molar-refractivity contribution < 1.29 is 9.53 Å². The molecule has 0 unspecified atom stereocenters. The average molecular weight is 323 g/mol. The van der Waals surface area contributed by atoms with Crippen molar-refractivity contribution in [2.45, 2.75) is 6.92 Å². The lowest BCUT2D eigenvalue weighted by Crippen LogP contribution is -2.20. The zero-order valence-corrected chi connectivity index (χ0v) is 13.4. The molecule has 3 rings (SSSR count). The summed E-state index contributed by atoms with van der Waals surface area (Å²) in [7, 11) is 1.54. The molecular weight excluding hydrogens is 306 g/mol. The van der Waals surface area contributed by atoms with Gasteiger partial charge in [-0.2, -0.15) is 5.10 Å². The number of methoxy groups -OCH3 is 1. The van der Waals surface area contributed by atoms with Crippen molar-refractivity contribution >= 4 is 17.4 Å². The van der Waals surface area contributed by atoms with Gasteiger partial charge in [-0.15, -0.1) is 0 Å². The predicted octanol–water partition coefficient (Wildman–Crippen LogP) is 3.23. The van der Waals surface area contributed by atoms with Crippen LogP contribution in [0.25, 0.3) is 5.69 Å². The highest BCUT2D eigenvalue weighted by molar-refractivity contribution is 6.00. The van der Waals surface area contributed by atoms with Gasteiger partial charge in [-0.25, -0.2) is 14.5 Å². The number of urea groups is 1. The maximum atomic E-state index is 12.1. The van der Waals surface area contributed by atoms with E-state index in [1.54, 1.807) is 23.0 Å². The van der Waals surface area contributed by atoms with E-state index in [1.807, 2.05) is 37.4 Å². The van der Waals surface area contributed by atoms with Crippen molar-refractivity contribution in [1.82, 2.24) is 14.8 Å². The summed E-state index contributed by atoms with van der Waals surface area (Å²) in [6, 6.07) is 10.6. The van der Waals surface area contributed by atoms with Crippen LogP contribution in [0.4, 0.5) is 16.2 Å². The molecule has 2 amide bonds. The number of anilines is 2. The maximum absolute atomic E-state index is 12.1. The van der Waals surface area contributed by atoms with Crippen molar-refractivity contribution in [2.24, 2.45) is 0 Å². The van der Waals surface area contributed by atoms with E-state index in [-0.39, 0.29) is 6.03 Å². The second-order valence-electron chi connectivity index (χ2n) is 5.12. The van der Waals surface area contributed by atoms with Crippen molar-refractivity contribution in [3.8, 4) is 11.6 Å². The van der Waals surface area contributed by atoms with Crippen LogP contribution in [0.15, 0.2) is 55.0 Å². The molecule has 0 aliphatic carbocycles. The first kappa shape index (κ1) is 15.5. The van der Waals surface area contributed by atoms with Crippen LogP contribution in [0.3, 0.4) is 0 Å². The summed E-state index contributed by atoms with van der Waals surface area (Å²) in [5.41, 5.74) is 3.18. The Kier molecular flexibility index (Phi) is 4.42. The van der Waals surface area contributed by atoms with Crippen LogP contribution >= 0.6 is 0 Å². The number of aromatic nitrogens is 3. The van der Waals surface area contributed by atoms with Gasteiger partial charge in [0.25, 0.3) is 0 Å². The summed E-state index contributed by atoms with van der Waals surface area (Å²) in [6.07, 6.45) is 5.12. The molecule has 7 nitrogen and oxygen atoms in total. The van der Waals surface area contributed by atoms with Gasteiger partial charge in [0.15, 0.2) is 0 Å². The number of nitrogens with one attached hydrogen (secondary N) is 2. The first-order valence-corrected chi connectivity index (χ1v) is 7.34. The number of carbonyl (C=O) groups excluding carboxylic acids is 1. The third-order valence-corrected chi connectivity index (χ3v) is 3.43. The van der Waals surface area contributed by atoms with E-state index in [0.717, 1.165) is 16.9 Å². The van der Waals surface area contributed by atoms with Crippen LogP contribution in [0.1, 0.15) is 5.56 Å². The molecule has 122 valence electrons. The summed E-state index contributed by atoms with van der Waals surface area (Å²) in [6.45, 7) is 1.93. The molecule has 0 aliphatic heterocycles. The molecule has 2 N–H and O–H groups in total. The van der Waals surface area contributed by atoms with Gasteiger partial charge in [0.1, 0.15) is 0 Å². The second kappa shape index (κ2) is 6.82. The second-order valence-corrected chi connectivity index (χ2v) is 5.12. The van der Waals surface area contributed by atoms with Crippen molar-refractivity contribution in [3.05, 3.63) is 60.6 Å². The normalized spacial score (nSPS) is 10.2. The molecule has 2 heterocycles. The molecule has 24 heavy (non-hydrogen) atoms. The molecule has 0 bridgehead atoms. The number of hydrogen-bond acceptors (Lipinski definition) is 4. The van der Waals surface area contributed by atoms with Gasteiger partial charge in [-0.05, 0) is 42.8 Å². The average Bonchev–Trinajstić information content (AvgIpc) is 3.12. The number of rotatable bonds is 4. The zero-order chi connectivity index (χ0) is 16.9. The van der Waals surface area contributed by atoms with E-state index in [9.17, 15) is 4.79 Å². The van der Waals surface area contributed by atoms with Crippen LogP contribution in [0.2, 0.25) is 0 Å². The predicted molar refractivity (Wildman–Crippen MR) is 91.7 cm³/mol. The van der Waals surface area contributed by atoms with Crippen LogP contribution in [0.5, 0.6) is 5.88 Å². The van der Waals surface area contributed by atoms with Gasteiger partial charge < -0.3 is 15.4 Å². The summed E-state index contributed by atoms with van der Waals surface area (Å²) in [5.74, 6) is 0.492. The molecule has 3 aromatic rings. The Bertz CT molecular complexity index is 829. The molecule has 0 fully saturated rings. The van der Waals surface area contributed by atoms with Crippen molar-refractivity contribution in [1.29, 1.82) is 0 Å². The molecular formula is C17H17N5O2. The standard InChI is InChI=1S/C17H17N5O2/c1-12-10-14(22-9-3-8-19-22)5-6-15(12)21-17(23)20-13-4-7-16(24-2)18-11-13/h3-11H,1-2H3,(H2,20,21,23). The van der Waals surface area contributed by atoms with E-state index >= 15 is 0 Å². The first-order valence-electron chi connectivity index (χ1n) is 7.34. The van der Waals surface area contributed by atoms with Crippen molar-refractivity contribution in [3.63, 3.8) is 0 Å². The van der Waals surface area contributed by atoms with E-state index in [1.165, 1.54) is 13.3 Å². The Labute approximate surface area is 139 Å². The highest BCUT2D eigenvalue weighted by Crippen LogP contribution is 2.19. The third-order valence-electron chi connectivity index (χ3n) is 3.43. The number of hydrogen-bond donors (Lipinski definition) is 2. The molecule has 1 aromatic carbocycles. The SMILES string of the molecule is COc1ccc(NC(=O)Nc2ccc(-n3cccn3)cc2C)cn1. The summed E-state index contributed by atoms with van der Waals surface area (Å²) in [5, 5.41) is 9.73. The lowest BCUT2D eigenvalue weighted by Gasteiger charge is -2.11. The molecule has 0 spiro atoms. The fraction of sp³-hybridized carbons (Fsp3) is 0.118. The van der Waals surface area contributed by atoms with Crippen LogP contribution < -0.4 is 15.4 Å². The summed E-state index contributed by atoms with van der Waals surface area (Å²) < 4.78 is 6.74. The van der Waals surface area contributed by atoms with Crippen LogP contribution in [-0.4, -0.2) is 27.9 Å².